The molecule has 1 N–H and O–H groups in total. The van der Waals surface area contributed by atoms with E-state index in [2.05, 4.69) is 44.6 Å². The van der Waals surface area contributed by atoms with Crippen molar-refractivity contribution in [2.24, 2.45) is 17.8 Å². The van der Waals surface area contributed by atoms with Gasteiger partial charge in [0.05, 0.1) is 30.8 Å². The molecule has 1 spiro atoms. The third-order valence-corrected chi connectivity index (χ3v) is 14.5. The summed E-state index contributed by atoms with van der Waals surface area (Å²) < 4.78 is 48.1. The first kappa shape index (κ1) is 37.3. The number of morpholine rings is 1. The molecular weight excluding hydrogens is 698 g/mol. The van der Waals surface area contributed by atoms with Crippen molar-refractivity contribution in [3.8, 4) is 17.6 Å². The summed E-state index contributed by atoms with van der Waals surface area (Å²) in [6.45, 7) is 9.70. The number of allylic oxidation sites excluding steroid dienone is 1. The van der Waals surface area contributed by atoms with E-state index in [9.17, 15) is 13.2 Å². The Labute approximate surface area is 314 Å². The van der Waals surface area contributed by atoms with Gasteiger partial charge >= 0.3 is 0 Å². The number of anilines is 1. The number of rotatable bonds is 3. The summed E-state index contributed by atoms with van der Waals surface area (Å²) in [7, 11) is -2.22. The largest absolute Gasteiger partial charge is 0.490 e. The summed E-state index contributed by atoms with van der Waals surface area (Å²) in [5, 5.41) is -0.0670. The van der Waals surface area contributed by atoms with Gasteiger partial charge in [-0.05, 0) is 105 Å². The molecular formula is C41H52ClN3O6S. The lowest BCUT2D eigenvalue weighted by atomic mass is 9.64. The molecule has 2 fully saturated rings. The number of benzene rings is 2. The summed E-state index contributed by atoms with van der Waals surface area (Å²) in [6.07, 6.45) is 10.3. The zero-order chi connectivity index (χ0) is 36.5. The van der Waals surface area contributed by atoms with Gasteiger partial charge in [-0.1, -0.05) is 42.5 Å². The molecule has 2 aliphatic carbocycles. The number of hydrogen-bond donors (Lipinski definition) is 1. The maximum atomic E-state index is 13.6. The third-order valence-electron chi connectivity index (χ3n) is 12.4. The first-order valence-corrected chi connectivity index (χ1v) is 20.8. The highest BCUT2D eigenvalue weighted by Crippen LogP contribution is 2.49. The molecule has 5 aliphatic rings. The van der Waals surface area contributed by atoms with Gasteiger partial charge in [0.25, 0.3) is 5.91 Å². The molecule has 2 aromatic rings. The zero-order valence-electron chi connectivity index (χ0n) is 30.7. The molecule has 2 bridgehead atoms. The number of nitrogens with one attached hydrogen (secondary N) is 1. The Morgan fingerprint density at radius 2 is 1.94 bits per heavy atom. The van der Waals surface area contributed by atoms with E-state index in [-0.39, 0.29) is 28.7 Å². The molecule has 2 aromatic carbocycles. The number of hydrogen-bond acceptors (Lipinski definition) is 8. The Kier molecular flexibility index (Phi) is 11.0. The van der Waals surface area contributed by atoms with Gasteiger partial charge in [-0.2, -0.15) is 0 Å². The number of sulfonamides is 1. The highest BCUT2D eigenvalue weighted by molar-refractivity contribution is 7.90. The lowest BCUT2D eigenvalue weighted by Gasteiger charge is -2.48. The van der Waals surface area contributed by atoms with Crippen LogP contribution in [0, 0.1) is 29.6 Å². The molecule has 1 saturated carbocycles. The Morgan fingerprint density at radius 3 is 2.71 bits per heavy atom. The number of aryl methyl sites for hydroxylation is 1. The van der Waals surface area contributed by atoms with E-state index in [1.54, 1.807) is 20.1 Å². The Balaban J connectivity index is 1.28. The molecule has 7 rings (SSSR count). The minimum absolute atomic E-state index is 0.126. The molecule has 3 heterocycles. The molecule has 1 amide bonds. The first-order valence-electron chi connectivity index (χ1n) is 18.9. The van der Waals surface area contributed by atoms with Gasteiger partial charge in [0.15, 0.2) is 0 Å². The standard InChI is InChI=1S/C41H52ClN3O6S/c1-29-8-6-18-41(49-3,17-4-5-19-44-20-22-50-23-21-44)36-13-10-33(36)26-45-27-40(16-7-9-31-24-34(42)12-14-35(31)40)28-51-38-15-11-32(25-37(38)45)39(46)43-52(47,48)30(29)2/h6,11-12,14-15,18,24-25,29-30,33,36H,5,7-10,13,16,19-23,26-28H2,1-3H3,(H,43,46)/b18-6+/t29-,30+,33-,36+,40-,41-/m0/s1. The lowest BCUT2D eigenvalue weighted by molar-refractivity contribution is -0.0351. The third kappa shape index (κ3) is 7.50. The van der Waals surface area contributed by atoms with E-state index in [0.717, 1.165) is 88.6 Å². The average molecular weight is 750 g/mol. The molecule has 0 radical (unpaired) electrons. The average Bonchev–Trinajstić information content (AvgIpc) is 3.27. The van der Waals surface area contributed by atoms with Crippen molar-refractivity contribution in [1.29, 1.82) is 0 Å². The van der Waals surface area contributed by atoms with Gasteiger partial charge in [0.1, 0.15) is 11.4 Å². The molecule has 280 valence electrons. The highest BCUT2D eigenvalue weighted by atomic mass is 35.5. The second-order valence-corrected chi connectivity index (χ2v) is 18.0. The van der Waals surface area contributed by atoms with E-state index < -0.39 is 26.8 Å². The quantitative estimate of drug-likeness (QED) is 0.302. The van der Waals surface area contributed by atoms with Crippen LogP contribution in [0.25, 0.3) is 0 Å². The van der Waals surface area contributed by atoms with Crippen LogP contribution in [0.3, 0.4) is 0 Å². The second-order valence-electron chi connectivity index (χ2n) is 15.5. The van der Waals surface area contributed by atoms with Crippen molar-refractivity contribution in [3.05, 3.63) is 70.3 Å². The molecule has 52 heavy (non-hydrogen) atoms. The molecule has 3 aliphatic heterocycles. The van der Waals surface area contributed by atoms with Gasteiger partial charge in [-0.25, -0.2) is 13.1 Å². The van der Waals surface area contributed by atoms with Crippen LogP contribution < -0.4 is 14.4 Å². The van der Waals surface area contributed by atoms with Gasteiger partial charge in [-0.3, -0.25) is 9.69 Å². The maximum Gasteiger partial charge on any atom is 0.264 e. The van der Waals surface area contributed by atoms with E-state index in [0.29, 0.717) is 25.3 Å². The normalized spacial score (nSPS) is 32.5. The van der Waals surface area contributed by atoms with E-state index in [4.69, 9.17) is 25.8 Å². The fraction of sp³-hybridized carbons (Fsp3) is 0.585. The lowest BCUT2D eigenvalue weighted by Crippen LogP contribution is -2.52. The van der Waals surface area contributed by atoms with E-state index in [1.807, 2.05) is 31.2 Å². The maximum absolute atomic E-state index is 13.6. The van der Waals surface area contributed by atoms with Crippen molar-refractivity contribution < 1.29 is 27.4 Å². The first-order chi connectivity index (χ1) is 25.0. The van der Waals surface area contributed by atoms with Gasteiger partial charge in [0, 0.05) is 68.2 Å². The van der Waals surface area contributed by atoms with Crippen molar-refractivity contribution in [2.75, 3.05) is 64.6 Å². The van der Waals surface area contributed by atoms with Gasteiger partial charge in [0.2, 0.25) is 10.0 Å². The number of methoxy groups -OCH3 is 1. The Hall–Kier alpha value is -3.07. The van der Waals surface area contributed by atoms with Crippen molar-refractivity contribution in [1.82, 2.24) is 9.62 Å². The van der Waals surface area contributed by atoms with Crippen LogP contribution in [-0.4, -0.2) is 89.7 Å². The van der Waals surface area contributed by atoms with Crippen LogP contribution in [0.2, 0.25) is 5.02 Å². The van der Waals surface area contributed by atoms with Crippen LogP contribution >= 0.6 is 11.6 Å². The molecule has 0 aromatic heterocycles. The van der Waals surface area contributed by atoms with Crippen LogP contribution in [-0.2, 0) is 31.3 Å². The van der Waals surface area contributed by atoms with Crippen LogP contribution in [0.1, 0.15) is 73.9 Å². The SMILES string of the molecule is CO[C@@]1(C#CCCN2CCOCC2)/C=C/C[C@H](C)[C@@H](C)S(=O)(=O)NC(=O)c2ccc3c(c2)N(C[C@@H]2CC[C@H]21)C[C@@]1(CCCc2cc(Cl)ccc21)CO3. The zero-order valence-corrected chi connectivity index (χ0v) is 32.2. The van der Waals surface area contributed by atoms with Gasteiger partial charge < -0.3 is 19.1 Å². The molecule has 1 saturated heterocycles. The second kappa shape index (κ2) is 15.3. The van der Waals surface area contributed by atoms with E-state index in [1.165, 1.54) is 11.1 Å². The predicted octanol–water partition coefficient (Wildman–Crippen LogP) is 5.99. The van der Waals surface area contributed by atoms with Crippen molar-refractivity contribution in [3.63, 3.8) is 0 Å². The monoisotopic (exact) mass is 749 g/mol. The number of fused-ring (bicyclic) bond motifs is 4. The highest BCUT2D eigenvalue weighted by Gasteiger charge is 2.48. The number of carbonyl (C=O) groups is 1. The Bertz CT molecular complexity index is 1850. The smallest absolute Gasteiger partial charge is 0.264 e. The topological polar surface area (TPSA) is 97.4 Å². The summed E-state index contributed by atoms with van der Waals surface area (Å²) in [5.41, 5.74) is 2.51. The Morgan fingerprint density at radius 1 is 1.12 bits per heavy atom. The van der Waals surface area contributed by atoms with Crippen LogP contribution in [0.5, 0.6) is 5.75 Å². The minimum atomic E-state index is -3.97. The fourth-order valence-electron chi connectivity index (χ4n) is 8.89. The number of nitrogens with zero attached hydrogens (tertiary/aromatic N) is 2. The van der Waals surface area contributed by atoms with Crippen LogP contribution in [0.4, 0.5) is 5.69 Å². The molecule has 9 nitrogen and oxygen atoms in total. The molecule has 0 unspecified atom stereocenters. The summed E-state index contributed by atoms with van der Waals surface area (Å²) in [4.78, 5) is 18.4. The summed E-state index contributed by atoms with van der Waals surface area (Å²) in [5.74, 6) is 7.30. The number of amides is 1. The number of halogens is 1. The predicted molar refractivity (Wildman–Crippen MR) is 205 cm³/mol. The van der Waals surface area contributed by atoms with E-state index >= 15 is 0 Å². The number of carbonyl (C=O) groups excluding carboxylic acids is 1. The van der Waals surface area contributed by atoms with Crippen molar-refractivity contribution in [2.45, 2.75) is 75.1 Å². The summed E-state index contributed by atoms with van der Waals surface area (Å²) >= 11 is 6.48. The minimum Gasteiger partial charge on any atom is -0.490 e. The molecule has 11 heteroatoms. The fourth-order valence-corrected chi connectivity index (χ4v) is 10.4. The number of ether oxygens (including phenoxy) is 3. The van der Waals surface area contributed by atoms with Crippen molar-refractivity contribution >= 4 is 33.2 Å². The van der Waals surface area contributed by atoms with Crippen LogP contribution in [0.15, 0.2) is 48.6 Å². The van der Waals surface area contributed by atoms with Gasteiger partial charge in [-0.15, -0.1) is 0 Å². The molecule has 6 atom stereocenters. The summed E-state index contributed by atoms with van der Waals surface area (Å²) in [6, 6.07) is 11.5.